The Hall–Kier alpha value is -2.90. The van der Waals surface area contributed by atoms with Crippen LogP contribution < -0.4 is 4.90 Å². The van der Waals surface area contributed by atoms with Gasteiger partial charge in [0, 0.05) is 19.6 Å². The van der Waals surface area contributed by atoms with Gasteiger partial charge in [0.15, 0.2) is 5.58 Å². The van der Waals surface area contributed by atoms with Gasteiger partial charge in [-0.15, -0.1) is 0 Å². The van der Waals surface area contributed by atoms with Crippen LogP contribution in [0.25, 0.3) is 11.1 Å². The predicted molar refractivity (Wildman–Crippen MR) is 99.3 cm³/mol. The summed E-state index contributed by atoms with van der Waals surface area (Å²) in [6.07, 6.45) is 7.00. The molecule has 3 aromatic rings. The van der Waals surface area contributed by atoms with Crippen LogP contribution in [0.15, 0.2) is 41.1 Å². The molecule has 4 heterocycles. The van der Waals surface area contributed by atoms with Crippen LogP contribution in [0.2, 0.25) is 0 Å². The van der Waals surface area contributed by atoms with Crippen LogP contribution in [0.3, 0.4) is 0 Å². The van der Waals surface area contributed by atoms with Crippen LogP contribution in [0.4, 0.5) is 6.01 Å². The fourth-order valence-electron chi connectivity index (χ4n) is 4.18. The highest BCUT2D eigenvalue weighted by Crippen LogP contribution is 2.30. The number of anilines is 1. The van der Waals surface area contributed by atoms with E-state index in [1.165, 1.54) is 0 Å². The van der Waals surface area contributed by atoms with Crippen LogP contribution in [0.1, 0.15) is 31.7 Å². The second-order valence-corrected chi connectivity index (χ2v) is 7.22. The average molecular weight is 366 g/mol. The van der Waals surface area contributed by atoms with Gasteiger partial charge in [-0.3, -0.25) is 4.79 Å². The summed E-state index contributed by atoms with van der Waals surface area (Å²) in [6.45, 7) is 2.28. The number of likely N-dealkylation sites (tertiary alicyclic amines) is 1. The molecule has 140 valence electrons. The number of amides is 1. The summed E-state index contributed by atoms with van der Waals surface area (Å²) in [7, 11) is 0. The predicted octanol–water partition coefficient (Wildman–Crippen LogP) is 2.25. The Morgan fingerprint density at radius 1 is 1.04 bits per heavy atom. The lowest BCUT2D eigenvalue weighted by Gasteiger charge is -2.34. The highest BCUT2D eigenvalue weighted by Gasteiger charge is 2.37. The number of carbonyl (C=O) groups excluding carboxylic acids is 1. The van der Waals surface area contributed by atoms with Gasteiger partial charge in [0.2, 0.25) is 5.91 Å². The summed E-state index contributed by atoms with van der Waals surface area (Å²) in [6, 6.07) is 8.37. The summed E-state index contributed by atoms with van der Waals surface area (Å²) in [5, 5.41) is 8.47. The quantitative estimate of drug-likeness (QED) is 0.707. The van der Waals surface area contributed by atoms with Crippen LogP contribution in [-0.4, -0.2) is 56.5 Å². The second kappa shape index (κ2) is 6.68. The van der Waals surface area contributed by atoms with Gasteiger partial charge in [-0.25, -0.2) is 0 Å². The number of rotatable bonds is 3. The lowest BCUT2D eigenvalue weighted by molar-refractivity contribution is -0.133. The van der Waals surface area contributed by atoms with Crippen LogP contribution >= 0.6 is 0 Å². The van der Waals surface area contributed by atoms with E-state index in [2.05, 4.69) is 15.2 Å². The largest absolute Gasteiger partial charge is 0.423 e. The molecule has 0 aliphatic carbocycles. The molecule has 0 spiro atoms. The smallest absolute Gasteiger partial charge is 0.299 e. The molecule has 0 N–H and O–H groups in total. The van der Waals surface area contributed by atoms with Crippen LogP contribution in [0, 0.1) is 0 Å². The van der Waals surface area contributed by atoms with E-state index in [1.807, 2.05) is 34.1 Å². The van der Waals surface area contributed by atoms with Gasteiger partial charge in [0.05, 0.1) is 18.4 Å². The number of oxazole rings is 1. The van der Waals surface area contributed by atoms with E-state index in [4.69, 9.17) is 4.42 Å². The Balaban J connectivity index is 1.29. The molecule has 2 aromatic heterocycles. The molecule has 2 aliphatic heterocycles. The molecule has 1 aromatic carbocycles. The summed E-state index contributed by atoms with van der Waals surface area (Å²) in [5.41, 5.74) is 1.59. The van der Waals surface area contributed by atoms with E-state index in [0.29, 0.717) is 6.01 Å². The van der Waals surface area contributed by atoms with Crippen molar-refractivity contribution < 1.29 is 9.21 Å². The molecular formula is C19H22N6O2. The van der Waals surface area contributed by atoms with Crippen molar-refractivity contribution in [2.45, 2.75) is 37.8 Å². The third kappa shape index (κ3) is 2.94. The van der Waals surface area contributed by atoms with Crippen molar-refractivity contribution in [1.29, 1.82) is 0 Å². The summed E-state index contributed by atoms with van der Waals surface area (Å²) in [5.74, 6) is 0.182. The first-order valence-corrected chi connectivity index (χ1v) is 9.56. The SMILES string of the molecule is O=C(C1CCCN1c1nc2ccccc2o1)N1CCC(n2nccn2)CC1. The summed E-state index contributed by atoms with van der Waals surface area (Å²) < 4.78 is 5.91. The number of para-hydroxylation sites is 2. The maximum absolute atomic E-state index is 13.2. The molecule has 1 amide bonds. The topological polar surface area (TPSA) is 80.3 Å². The molecule has 0 saturated carbocycles. The zero-order valence-electron chi connectivity index (χ0n) is 15.1. The molecule has 2 fully saturated rings. The fourth-order valence-corrected chi connectivity index (χ4v) is 4.18. The minimum atomic E-state index is -0.183. The van der Waals surface area contributed by atoms with Gasteiger partial charge < -0.3 is 14.2 Å². The van der Waals surface area contributed by atoms with Crippen molar-refractivity contribution in [2.24, 2.45) is 0 Å². The molecule has 8 nitrogen and oxygen atoms in total. The van der Waals surface area contributed by atoms with Gasteiger partial charge in [0.1, 0.15) is 11.6 Å². The van der Waals surface area contributed by atoms with E-state index >= 15 is 0 Å². The minimum Gasteiger partial charge on any atom is -0.423 e. The molecule has 1 atom stereocenters. The molecular weight excluding hydrogens is 344 g/mol. The number of benzene rings is 1. The first-order chi connectivity index (χ1) is 13.3. The number of piperidine rings is 1. The lowest BCUT2D eigenvalue weighted by Crippen LogP contribution is -2.49. The number of carbonyl (C=O) groups is 1. The fraction of sp³-hybridized carbons (Fsp3) is 0.474. The third-order valence-corrected chi connectivity index (χ3v) is 5.61. The van der Waals surface area contributed by atoms with E-state index in [9.17, 15) is 4.79 Å². The summed E-state index contributed by atoms with van der Waals surface area (Å²) >= 11 is 0. The Labute approximate surface area is 156 Å². The Kier molecular flexibility index (Phi) is 4.03. The van der Waals surface area contributed by atoms with Crippen LogP contribution in [-0.2, 0) is 4.79 Å². The number of nitrogens with zero attached hydrogens (tertiary/aromatic N) is 6. The van der Waals surface area contributed by atoms with E-state index in [-0.39, 0.29) is 18.0 Å². The van der Waals surface area contributed by atoms with Gasteiger partial charge >= 0.3 is 0 Å². The van der Waals surface area contributed by atoms with E-state index in [0.717, 1.165) is 56.4 Å². The zero-order chi connectivity index (χ0) is 18.2. The Morgan fingerprint density at radius 3 is 2.59 bits per heavy atom. The van der Waals surface area contributed by atoms with Gasteiger partial charge in [-0.1, -0.05) is 12.1 Å². The molecule has 8 heteroatoms. The molecule has 0 bridgehead atoms. The van der Waals surface area contributed by atoms with Crippen molar-refractivity contribution in [3.63, 3.8) is 0 Å². The van der Waals surface area contributed by atoms with E-state index < -0.39 is 0 Å². The molecule has 27 heavy (non-hydrogen) atoms. The van der Waals surface area contributed by atoms with Crippen molar-refractivity contribution in [2.75, 3.05) is 24.5 Å². The standard InChI is InChI=1S/C19H22N6O2/c26-18(23-12-7-14(8-13-23)25-20-9-10-21-25)16-5-3-11-24(16)19-22-15-4-1-2-6-17(15)27-19/h1-2,4,6,9-10,14,16H,3,5,7-8,11-13H2. The first-order valence-electron chi connectivity index (χ1n) is 9.56. The van der Waals surface area contributed by atoms with Crippen molar-refractivity contribution in [1.82, 2.24) is 24.9 Å². The minimum absolute atomic E-state index is 0.182. The van der Waals surface area contributed by atoms with Crippen molar-refractivity contribution in [3.05, 3.63) is 36.7 Å². The van der Waals surface area contributed by atoms with Gasteiger partial charge in [-0.2, -0.15) is 20.0 Å². The highest BCUT2D eigenvalue weighted by atomic mass is 16.4. The van der Waals surface area contributed by atoms with Gasteiger partial charge in [0.25, 0.3) is 6.01 Å². The number of aromatic nitrogens is 4. The lowest BCUT2D eigenvalue weighted by atomic mass is 10.0. The third-order valence-electron chi connectivity index (χ3n) is 5.61. The monoisotopic (exact) mass is 366 g/mol. The summed E-state index contributed by atoms with van der Waals surface area (Å²) in [4.78, 5) is 23.5. The normalized spacial score (nSPS) is 21.3. The first kappa shape index (κ1) is 16.3. The maximum atomic E-state index is 13.2. The Bertz CT molecular complexity index is 896. The molecule has 2 saturated heterocycles. The number of fused-ring (bicyclic) bond motifs is 1. The number of hydrogen-bond acceptors (Lipinski definition) is 6. The highest BCUT2D eigenvalue weighted by molar-refractivity contribution is 5.86. The van der Waals surface area contributed by atoms with Crippen molar-refractivity contribution in [3.8, 4) is 0 Å². The Morgan fingerprint density at radius 2 is 1.81 bits per heavy atom. The van der Waals surface area contributed by atoms with Crippen molar-refractivity contribution >= 4 is 23.0 Å². The molecule has 1 unspecified atom stereocenters. The zero-order valence-corrected chi connectivity index (χ0v) is 15.1. The second-order valence-electron chi connectivity index (χ2n) is 7.22. The number of hydrogen-bond donors (Lipinski definition) is 0. The van der Waals surface area contributed by atoms with E-state index in [1.54, 1.807) is 17.2 Å². The molecule has 0 radical (unpaired) electrons. The van der Waals surface area contributed by atoms with Crippen LogP contribution in [0.5, 0.6) is 0 Å². The average Bonchev–Trinajstić information content (AvgIpc) is 3.47. The molecule has 5 rings (SSSR count). The maximum Gasteiger partial charge on any atom is 0.299 e. The van der Waals surface area contributed by atoms with Gasteiger partial charge in [-0.05, 0) is 37.8 Å². The molecule has 2 aliphatic rings.